The molecule has 0 aliphatic heterocycles. The highest BCUT2D eigenvalue weighted by Crippen LogP contribution is 2.33. The zero-order valence-corrected chi connectivity index (χ0v) is 20.7. The summed E-state index contributed by atoms with van der Waals surface area (Å²) in [6.45, 7) is 4.11. The molecule has 4 aromatic heterocycles. The van der Waals surface area contributed by atoms with Crippen LogP contribution in [0, 0.1) is 0 Å². The second-order valence-corrected chi connectivity index (χ2v) is 9.97. The lowest BCUT2D eigenvalue weighted by Crippen LogP contribution is -2.21. The van der Waals surface area contributed by atoms with Crippen molar-refractivity contribution in [3.63, 3.8) is 0 Å². The Morgan fingerprint density at radius 3 is 2.67 bits per heavy atom. The van der Waals surface area contributed by atoms with E-state index in [0.717, 1.165) is 32.6 Å². The average Bonchev–Trinajstić information content (AvgIpc) is 3.49. The molecule has 182 valence electrons. The van der Waals surface area contributed by atoms with Gasteiger partial charge in [-0.15, -0.1) is 11.3 Å². The van der Waals surface area contributed by atoms with Crippen molar-refractivity contribution in [1.82, 2.24) is 24.7 Å². The van der Waals surface area contributed by atoms with E-state index in [-0.39, 0.29) is 5.91 Å². The first-order valence-electron chi connectivity index (χ1n) is 11.4. The van der Waals surface area contributed by atoms with Crippen molar-refractivity contribution in [2.45, 2.75) is 32.4 Å². The minimum Gasteiger partial charge on any atom is -0.390 e. The first-order valence-corrected chi connectivity index (χ1v) is 12.3. The number of fused-ring (bicyclic) bond motifs is 1. The molecule has 0 saturated heterocycles. The maximum Gasteiger partial charge on any atom is 0.275 e. The quantitative estimate of drug-likeness (QED) is 0.298. The SMILES string of the molecule is CC(C)(O)CCn1cc2cc(NC(=O)c3csc(-c4ccncc4)n3)c(-c3ccnc(N)c3)cc2n1. The minimum atomic E-state index is -0.792. The van der Waals surface area contributed by atoms with Crippen LogP contribution in [0.25, 0.3) is 32.6 Å². The van der Waals surface area contributed by atoms with E-state index in [1.807, 2.05) is 36.5 Å². The molecular formula is C26H25N7O2S. The zero-order chi connectivity index (χ0) is 25.3. The Balaban J connectivity index is 1.50. The summed E-state index contributed by atoms with van der Waals surface area (Å²) in [4.78, 5) is 25.8. The number of nitrogens with one attached hydrogen (secondary N) is 1. The molecule has 10 heteroatoms. The van der Waals surface area contributed by atoms with Gasteiger partial charge in [0.15, 0.2) is 0 Å². The van der Waals surface area contributed by atoms with E-state index in [4.69, 9.17) is 5.73 Å². The largest absolute Gasteiger partial charge is 0.390 e. The summed E-state index contributed by atoms with van der Waals surface area (Å²) in [6.07, 6.45) is 7.48. The van der Waals surface area contributed by atoms with Gasteiger partial charge >= 0.3 is 0 Å². The van der Waals surface area contributed by atoms with Crippen molar-refractivity contribution in [3.8, 4) is 21.7 Å². The van der Waals surface area contributed by atoms with Gasteiger partial charge in [-0.05, 0) is 62.2 Å². The molecule has 0 fully saturated rings. The van der Waals surface area contributed by atoms with Crippen molar-refractivity contribution < 1.29 is 9.90 Å². The number of thiazole rings is 1. The topological polar surface area (TPSA) is 132 Å². The number of rotatable bonds is 7. The van der Waals surface area contributed by atoms with E-state index in [1.54, 1.807) is 48.6 Å². The first kappa shape index (κ1) is 23.6. The summed E-state index contributed by atoms with van der Waals surface area (Å²) in [5.74, 6) is 0.0608. The summed E-state index contributed by atoms with van der Waals surface area (Å²) in [6, 6.07) is 11.1. The van der Waals surface area contributed by atoms with Gasteiger partial charge in [-0.1, -0.05) is 0 Å². The van der Waals surface area contributed by atoms with Crippen LogP contribution < -0.4 is 11.1 Å². The Labute approximate surface area is 211 Å². The van der Waals surface area contributed by atoms with Gasteiger partial charge in [0.05, 0.1) is 11.1 Å². The van der Waals surface area contributed by atoms with E-state index in [0.29, 0.717) is 30.2 Å². The van der Waals surface area contributed by atoms with Gasteiger partial charge in [0, 0.05) is 58.9 Å². The summed E-state index contributed by atoms with van der Waals surface area (Å²) >= 11 is 1.40. The Kier molecular flexibility index (Phi) is 6.21. The average molecular weight is 500 g/mol. The molecule has 1 amide bonds. The number of nitrogens with two attached hydrogens (primary N) is 1. The molecule has 0 spiro atoms. The van der Waals surface area contributed by atoms with Crippen LogP contribution in [0.2, 0.25) is 0 Å². The molecule has 4 heterocycles. The highest BCUT2D eigenvalue weighted by molar-refractivity contribution is 7.13. The number of aliphatic hydroxyl groups is 1. The molecule has 5 aromatic rings. The number of benzene rings is 1. The number of pyridine rings is 2. The Hall–Kier alpha value is -4.15. The molecule has 36 heavy (non-hydrogen) atoms. The third-order valence-electron chi connectivity index (χ3n) is 5.65. The number of nitrogen functional groups attached to an aromatic ring is 1. The van der Waals surface area contributed by atoms with E-state index >= 15 is 0 Å². The Morgan fingerprint density at radius 2 is 1.92 bits per heavy atom. The van der Waals surface area contributed by atoms with Crippen molar-refractivity contribution >= 4 is 39.7 Å². The van der Waals surface area contributed by atoms with Crippen LogP contribution in [0.5, 0.6) is 0 Å². The summed E-state index contributed by atoms with van der Waals surface area (Å²) < 4.78 is 1.81. The van der Waals surface area contributed by atoms with Crippen LogP contribution in [0.15, 0.2) is 66.6 Å². The highest BCUT2D eigenvalue weighted by Gasteiger charge is 2.18. The molecule has 0 aliphatic carbocycles. The fourth-order valence-electron chi connectivity index (χ4n) is 3.78. The van der Waals surface area contributed by atoms with Gasteiger partial charge in [-0.25, -0.2) is 9.97 Å². The number of aryl methyl sites for hydroxylation is 1. The number of hydrogen-bond acceptors (Lipinski definition) is 8. The van der Waals surface area contributed by atoms with Crippen LogP contribution >= 0.6 is 11.3 Å². The monoisotopic (exact) mass is 499 g/mol. The summed E-state index contributed by atoms with van der Waals surface area (Å²) in [7, 11) is 0. The molecule has 0 aliphatic rings. The molecule has 0 radical (unpaired) electrons. The summed E-state index contributed by atoms with van der Waals surface area (Å²) in [5.41, 5.74) is 9.33. The minimum absolute atomic E-state index is 0.316. The van der Waals surface area contributed by atoms with Crippen LogP contribution in [0.4, 0.5) is 11.5 Å². The van der Waals surface area contributed by atoms with Crippen LogP contribution in [0.1, 0.15) is 30.8 Å². The van der Waals surface area contributed by atoms with E-state index in [2.05, 4.69) is 25.4 Å². The van der Waals surface area contributed by atoms with Crippen LogP contribution in [0.3, 0.4) is 0 Å². The molecule has 4 N–H and O–H groups in total. The zero-order valence-electron chi connectivity index (χ0n) is 19.8. The van der Waals surface area contributed by atoms with Gasteiger partial charge in [-0.2, -0.15) is 5.10 Å². The lowest BCUT2D eigenvalue weighted by Gasteiger charge is -2.16. The van der Waals surface area contributed by atoms with Crippen molar-refractivity contribution in [2.24, 2.45) is 0 Å². The molecular weight excluding hydrogens is 474 g/mol. The second-order valence-electron chi connectivity index (χ2n) is 9.11. The molecule has 1 aromatic carbocycles. The smallest absolute Gasteiger partial charge is 0.275 e. The van der Waals surface area contributed by atoms with Crippen molar-refractivity contribution in [1.29, 1.82) is 0 Å². The normalized spacial score (nSPS) is 11.6. The molecule has 0 unspecified atom stereocenters. The number of hydrogen-bond donors (Lipinski definition) is 3. The fourth-order valence-corrected chi connectivity index (χ4v) is 4.58. The number of carbonyl (C=O) groups excluding carboxylic acids is 1. The number of nitrogens with zero attached hydrogens (tertiary/aromatic N) is 5. The first-order chi connectivity index (χ1) is 17.2. The predicted octanol–water partition coefficient (Wildman–Crippen LogP) is 4.61. The van der Waals surface area contributed by atoms with E-state index in [1.165, 1.54) is 11.3 Å². The van der Waals surface area contributed by atoms with Gasteiger partial charge in [0.25, 0.3) is 5.91 Å². The third kappa shape index (κ3) is 5.24. The van der Waals surface area contributed by atoms with Crippen LogP contribution in [-0.4, -0.2) is 41.3 Å². The lowest BCUT2D eigenvalue weighted by molar-refractivity contribution is 0.0651. The van der Waals surface area contributed by atoms with Gasteiger partial charge in [0.2, 0.25) is 0 Å². The number of amides is 1. The standard InChI is InChI=1S/C26H25N7O2S/c1-26(2,35)6-10-33-14-18-11-21(19(13-20(18)32-33)17-5-9-29-23(27)12-17)30-24(34)22-15-36-25(31-22)16-3-7-28-8-4-16/h3-5,7-9,11-15,35H,6,10H2,1-2H3,(H2,27,29)(H,30,34). The number of anilines is 2. The van der Waals surface area contributed by atoms with Gasteiger partial charge in [-0.3, -0.25) is 14.5 Å². The number of carbonyl (C=O) groups is 1. The van der Waals surface area contributed by atoms with Crippen molar-refractivity contribution in [3.05, 3.63) is 72.3 Å². The third-order valence-corrected chi connectivity index (χ3v) is 6.54. The molecule has 0 saturated carbocycles. The number of aromatic nitrogens is 5. The molecule has 9 nitrogen and oxygen atoms in total. The Bertz CT molecular complexity index is 1540. The second kappa shape index (κ2) is 9.48. The predicted molar refractivity (Wildman–Crippen MR) is 142 cm³/mol. The van der Waals surface area contributed by atoms with E-state index in [9.17, 15) is 9.90 Å². The van der Waals surface area contributed by atoms with Gasteiger partial charge < -0.3 is 16.2 Å². The van der Waals surface area contributed by atoms with Crippen molar-refractivity contribution in [2.75, 3.05) is 11.1 Å². The molecule has 5 rings (SSSR count). The molecule has 0 bridgehead atoms. The maximum atomic E-state index is 13.2. The van der Waals surface area contributed by atoms with Crippen LogP contribution in [-0.2, 0) is 6.54 Å². The Morgan fingerprint density at radius 1 is 1.14 bits per heavy atom. The maximum absolute atomic E-state index is 13.2. The summed E-state index contributed by atoms with van der Waals surface area (Å²) in [5, 5.41) is 21.1. The lowest BCUT2D eigenvalue weighted by atomic mass is 10.0. The fraction of sp³-hybridized carbons (Fsp3) is 0.192. The highest BCUT2D eigenvalue weighted by atomic mass is 32.1. The van der Waals surface area contributed by atoms with E-state index < -0.39 is 5.60 Å². The molecule has 0 atom stereocenters. The van der Waals surface area contributed by atoms with Gasteiger partial charge in [0.1, 0.15) is 16.5 Å².